The fourth-order valence-corrected chi connectivity index (χ4v) is 2.63. The van der Waals surface area contributed by atoms with Crippen molar-refractivity contribution in [1.29, 1.82) is 0 Å². The zero-order valence-corrected chi connectivity index (χ0v) is 14.5. The molecule has 0 saturated heterocycles. The average molecular weight is 353 g/mol. The van der Waals surface area contributed by atoms with Crippen LogP contribution in [0.3, 0.4) is 0 Å². The molecule has 0 atom stereocenters. The van der Waals surface area contributed by atoms with Crippen molar-refractivity contribution in [3.8, 4) is 5.75 Å². The summed E-state index contributed by atoms with van der Waals surface area (Å²) in [6.45, 7) is 2.52. The lowest BCUT2D eigenvalue weighted by Gasteiger charge is -2.06. The first kappa shape index (κ1) is 17.0. The number of carbonyl (C=O) groups is 1. The first-order chi connectivity index (χ1) is 12.1. The number of allylic oxidation sites excluding steroid dienone is 1. The molecule has 0 aliphatic rings. The summed E-state index contributed by atoms with van der Waals surface area (Å²) in [5.74, 6) is 0.628. The Hall–Kier alpha value is -2.85. The number of ketones is 1. The van der Waals surface area contributed by atoms with Crippen molar-refractivity contribution < 1.29 is 9.53 Å². The van der Waals surface area contributed by atoms with E-state index in [1.165, 1.54) is 6.08 Å². The van der Waals surface area contributed by atoms with Crippen LogP contribution in [0.5, 0.6) is 5.75 Å². The van der Waals surface area contributed by atoms with Crippen molar-refractivity contribution >= 4 is 40.1 Å². The standard InChI is InChI=1S/C20H17ClN2O2/c1-2-25-17-9-5-14-11-15(20(21)23-18(14)12-17)6-10-19(24)13-3-7-16(22)8-4-13/h3-12H,2,22H2,1H3/b10-6-. The van der Waals surface area contributed by atoms with Gasteiger partial charge in [-0.25, -0.2) is 4.98 Å². The van der Waals surface area contributed by atoms with E-state index >= 15 is 0 Å². The molecule has 0 aliphatic carbocycles. The predicted molar refractivity (Wildman–Crippen MR) is 102 cm³/mol. The van der Waals surface area contributed by atoms with Crippen molar-refractivity contribution in [3.63, 3.8) is 0 Å². The van der Waals surface area contributed by atoms with Crippen molar-refractivity contribution in [2.75, 3.05) is 12.3 Å². The third kappa shape index (κ3) is 3.98. The van der Waals surface area contributed by atoms with Crippen molar-refractivity contribution in [1.82, 2.24) is 4.98 Å². The van der Waals surface area contributed by atoms with E-state index in [-0.39, 0.29) is 5.78 Å². The second-order valence-corrected chi connectivity index (χ2v) is 5.83. The Bertz CT molecular complexity index is 950. The number of anilines is 1. The quantitative estimate of drug-likeness (QED) is 0.311. The number of ether oxygens (including phenoxy) is 1. The molecule has 2 N–H and O–H groups in total. The summed E-state index contributed by atoms with van der Waals surface area (Å²) in [5, 5.41) is 1.26. The highest BCUT2D eigenvalue weighted by molar-refractivity contribution is 6.31. The van der Waals surface area contributed by atoms with Gasteiger partial charge in [-0.1, -0.05) is 11.6 Å². The predicted octanol–water partition coefficient (Wildman–Crippen LogP) is 4.77. The molecular weight excluding hydrogens is 336 g/mol. The number of fused-ring (bicyclic) bond motifs is 1. The van der Waals surface area contributed by atoms with E-state index in [4.69, 9.17) is 22.1 Å². The van der Waals surface area contributed by atoms with Crippen molar-refractivity contribution in [2.45, 2.75) is 6.92 Å². The molecule has 1 aromatic heterocycles. The van der Waals surface area contributed by atoms with E-state index in [0.29, 0.717) is 28.6 Å². The monoisotopic (exact) mass is 352 g/mol. The molecule has 3 aromatic rings. The molecule has 4 nitrogen and oxygen atoms in total. The first-order valence-corrected chi connectivity index (χ1v) is 8.25. The van der Waals surface area contributed by atoms with Gasteiger partial charge in [0, 0.05) is 28.3 Å². The smallest absolute Gasteiger partial charge is 0.185 e. The summed E-state index contributed by atoms with van der Waals surface area (Å²) in [6.07, 6.45) is 3.15. The molecule has 0 spiro atoms. The molecule has 25 heavy (non-hydrogen) atoms. The van der Waals surface area contributed by atoms with E-state index in [2.05, 4.69) is 4.98 Å². The summed E-state index contributed by atoms with van der Waals surface area (Å²) in [6, 6.07) is 14.3. The molecule has 0 amide bonds. The maximum Gasteiger partial charge on any atom is 0.185 e. The van der Waals surface area contributed by atoms with E-state index in [1.807, 2.05) is 31.2 Å². The molecule has 0 fully saturated rings. The van der Waals surface area contributed by atoms with Gasteiger partial charge in [0.25, 0.3) is 0 Å². The third-order valence-electron chi connectivity index (χ3n) is 3.69. The number of hydrogen-bond donors (Lipinski definition) is 1. The van der Waals surface area contributed by atoms with Gasteiger partial charge in [-0.15, -0.1) is 0 Å². The van der Waals surface area contributed by atoms with E-state index in [0.717, 1.165) is 16.7 Å². The highest BCUT2D eigenvalue weighted by Crippen LogP contribution is 2.25. The van der Waals surface area contributed by atoms with E-state index in [1.54, 1.807) is 30.3 Å². The normalized spacial score (nSPS) is 11.1. The van der Waals surface area contributed by atoms with Gasteiger partial charge >= 0.3 is 0 Å². The number of nitrogens with two attached hydrogens (primary N) is 1. The number of halogens is 1. The summed E-state index contributed by atoms with van der Waals surface area (Å²) >= 11 is 6.25. The van der Waals surface area contributed by atoms with Crippen LogP contribution in [0.1, 0.15) is 22.8 Å². The lowest BCUT2D eigenvalue weighted by atomic mass is 10.1. The van der Waals surface area contributed by atoms with Gasteiger partial charge in [-0.2, -0.15) is 0 Å². The molecule has 0 bridgehead atoms. The van der Waals surface area contributed by atoms with Gasteiger partial charge in [0.2, 0.25) is 0 Å². The topological polar surface area (TPSA) is 65.2 Å². The maximum atomic E-state index is 12.2. The minimum Gasteiger partial charge on any atom is -0.494 e. The van der Waals surface area contributed by atoms with Crippen LogP contribution >= 0.6 is 11.6 Å². The SMILES string of the molecule is CCOc1ccc2cc(/C=C\C(=O)c3ccc(N)cc3)c(Cl)nc2c1. The van der Waals surface area contributed by atoms with Crippen LogP contribution in [0.25, 0.3) is 17.0 Å². The number of nitrogens with zero attached hydrogens (tertiary/aromatic N) is 1. The molecule has 126 valence electrons. The zero-order valence-electron chi connectivity index (χ0n) is 13.7. The molecule has 5 heteroatoms. The Labute approximate surface area is 150 Å². The zero-order chi connectivity index (χ0) is 17.8. The van der Waals surface area contributed by atoms with Gasteiger partial charge in [-0.05, 0) is 61.5 Å². The fraction of sp³-hybridized carbons (Fsp3) is 0.100. The summed E-state index contributed by atoms with van der Waals surface area (Å²) in [4.78, 5) is 16.6. The second-order valence-electron chi connectivity index (χ2n) is 5.48. The van der Waals surface area contributed by atoms with Crippen LogP contribution in [0, 0.1) is 0 Å². The number of nitrogen functional groups attached to an aromatic ring is 1. The van der Waals surface area contributed by atoms with Gasteiger partial charge in [0.15, 0.2) is 5.78 Å². The second kappa shape index (κ2) is 7.36. The summed E-state index contributed by atoms with van der Waals surface area (Å²) in [7, 11) is 0. The Morgan fingerprint density at radius 1 is 1.20 bits per heavy atom. The van der Waals surface area contributed by atoms with Crippen LogP contribution in [0.2, 0.25) is 5.15 Å². The largest absolute Gasteiger partial charge is 0.494 e. The van der Waals surface area contributed by atoms with Crippen LogP contribution < -0.4 is 10.5 Å². The van der Waals surface area contributed by atoms with Gasteiger partial charge in [0.1, 0.15) is 10.9 Å². The number of rotatable bonds is 5. The van der Waals surface area contributed by atoms with E-state index < -0.39 is 0 Å². The van der Waals surface area contributed by atoms with Crippen molar-refractivity contribution in [2.24, 2.45) is 0 Å². The molecular formula is C20H17ClN2O2. The minimum atomic E-state index is -0.122. The highest BCUT2D eigenvalue weighted by Gasteiger charge is 2.06. The maximum absolute atomic E-state index is 12.2. The molecule has 0 aliphatic heterocycles. The van der Waals surface area contributed by atoms with Gasteiger partial charge in [-0.3, -0.25) is 4.79 Å². The number of aromatic nitrogens is 1. The molecule has 0 radical (unpaired) electrons. The van der Waals surface area contributed by atoms with Gasteiger partial charge < -0.3 is 10.5 Å². The molecule has 3 rings (SSSR count). The molecule has 1 heterocycles. The summed E-state index contributed by atoms with van der Waals surface area (Å²) in [5.41, 5.74) is 8.25. The number of hydrogen-bond acceptors (Lipinski definition) is 4. The summed E-state index contributed by atoms with van der Waals surface area (Å²) < 4.78 is 5.47. The van der Waals surface area contributed by atoms with Crippen LogP contribution in [-0.2, 0) is 0 Å². The molecule has 2 aromatic carbocycles. The average Bonchev–Trinajstić information content (AvgIpc) is 2.60. The highest BCUT2D eigenvalue weighted by atomic mass is 35.5. The van der Waals surface area contributed by atoms with Crippen LogP contribution in [-0.4, -0.2) is 17.4 Å². The lowest BCUT2D eigenvalue weighted by Crippen LogP contribution is -1.95. The number of pyridine rings is 1. The Balaban J connectivity index is 1.87. The molecule has 0 saturated carbocycles. The Morgan fingerprint density at radius 2 is 1.96 bits per heavy atom. The van der Waals surface area contributed by atoms with Crippen LogP contribution in [0.4, 0.5) is 5.69 Å². The van der Waals surface area contributed by atoms with E-state index in [9.17, 15) is 4.79 Å². The Morgan fingerprint density at radius 3 is 2.68 bits per heavy atom. The number of benzene rings is 2. The minimum absolute atomic E-state index is 0.122. The third-order valence-corrected chi connectivity index (χ3v) is 3.99. The van der Waals surface area contributed by atoms with Crippen LogP contribution in [0.15, 0.2) is 54.6 Å². The lowest BCUT2D eigenvalue weighted by molar-refractivity contribution is 0.104. The molecule has 0 unspecified atom stereocenters. The van der Waals surface area contributed by atoms with Gasteiger partial charge in [0.05, 0.1) is 12.1 Å². The van der Waals surface area contributed by atoms with Crippen molar-refractivity contribution in [3.05, 3.63) is 70.9 Å². The fourth-order valence-electron chi connectivity index (χ4n) is 2.42. The number of carbonyl (C=O) groups excluding carboxylic acids is 1. The Kier molecular flexibility index (Phi) is 5.00. The first-order valence-electron chi connectivity index (χ1n) is 7.88.